The van der Waals surface area contributed by atoms with Crippen LogP contribution in [0.5, 0.6) is 0 Å². The molecule has 1 aliphatic carbocycles. The van der Waals surface area contributed by atoms with Crippen LogP contribution in [0.15, 0.2) is 24.3 Å². The fraction of sp³-hybridized carbons (Fsp3) is 0.417. The van der Waals surface area contributed by atoms with E-state index in [0.29, 0.717) is 17.3 Å². The first kappa shape index (κ1) is 10.0. The average molecular weight is 204 g/mol. The molecule has 1 saturated carbocycles. The highest BCUT2D eigenvalue weighted by Crippen LogP contribution is 2.26. The Morgan fingerprint density at radius 3 is 2.47 bits per heavy atom. The van der Waals surface area contributed by atoms with Crippen molar-refractivity contribution in [1.29, 1.82) is 0 Å². The van der Waals surface area contributed by atoms with Gasteiger partial charge < -0.3 is 11.1 Å². The lowest BCUT2D eigenvalue weighted by Gasteiger charge is -2.33. The molecule has 1 aromatic carbocycles. The highest BCUT2D eigenvalue weighted by molar-refractivity contribution is 5.94. The molecule has 0 aliphatic heterocycles. The Kier molecular flexibility index (Phi) is 2.62. The van der Waals surface area contributed by atoms with Crippen LogP contribution >= 0.6 is 0 Å². The predicted octanol–water partition coefficient (Wildman–Crippen LogP) is 1.80. The molecule has 3 heteroatoms. The SMILES string of the molecule is CC1CC(NC(=O)c2ccc(N)cc2)C1. The number of hydrogen-bond donors (Lipinski definition) is 2. The fourth-order valence-electron chi connectivity index (χ4n) is 1.92. The molecule has 15 heavy (non-hydrogen) atoms. The average Bonchev–Trinajstić information content (AvgIpc) is 2.16. The molecule has 0 atom stereocenters. The normalized spacial score (nSPS) is 24.3. The van der Waals surface area contributed by atoms with E-state index in [2.05, 4.69) is 12.2 Å². The summed E-state index contributed by atoms with van der Waals surface area (Å²) in [4.78, 5) is 11.7. The molecule has 3 N–H and O–H groups in total. The summed E-state index contributed by atoms with van der Waals surface area (Å²) in [6, 6.07) is 7.38. The maximum atomic E-state index is 11.7. The number of amides is 1. The number of benzene rings is 1. The molecule has 0 heterocycles. The second-order valence-corrected chi connectivity index (χ2v) is 4.37. The van der Waals surface area contributed by atoms with Crippen LogP contribution in [-0.4, -0.2) is 11.9 Å². The summed E-state index contributed by atoms with van der Waals surface area (Å²) >= 11 is 0. The molecule has 1 aliphatic rings. The molecule has 0 aromatic heterocycles. The molecule has 80 valence electrons. The van der Waals surface area contributed by atoms with Crippen LogP contribution in [0, 0.1) is 5.92 Å². The van der Waals surface area contributed by atoms with Gasteiger partial charge in [-0.1, -0.05) is 6.92 Å². The van der Waals surface area contributed by atoms with Gasteiger partial charge in [-0.2, -0.15) is 0 Å². The van der Waals surface area contributed by atoms with Crippen molar-refractivity contribution in [2.45, 2.75) is 25.8 Å². The summed E-state index contributed by atoms with van der Waals surface area (Å²) in [5.74, 6) is 0.758. The summed E-state index contributed by atoms with van der Waals surface area (Å²) in [7, 11) is 0. The van der Waals surface area contributed by atoms with Crippen LogP contribution in [-0.2, 0) is 0 Å². The third-order valence-corrected chi connectivity index (χ3v) is 2.88. The molecule has 1 fully saturated rings. The van der Waals surface area contributed by atoms with Crippen molar-refractivity contribution in [3.05, 3.63) is 29.8 Å². The van der Waals surface area contributed by atoms with E-state index in [1.54, 1.807) is 24.3 Å². The number of nitrogens with two attached hydrogens (primary N) is 1. The molecule has 0 saturated heterocycles. The summed E-state index contributed by atoms with van der Waals surface area (Å²) in [6.45, 7) is 2.20. The monoisotopic (exact) mass is 204 g/mol. The van der Waals surface area contributed by atoms with Crippen LogP contribution in [0.1, 0.15) is 30.1 Å². The Morgan fingerprint density at radius 1 is 1.33 bits per heavy atom. The summed E-state index contributed by atoms with van der Waals surface area (Å²) < 4.78 is 0. The highest BCUT2D eigenvalue weighted by atomic mass is 16.1. The zero-order valence-corrected chi connectivity index (χ0v) is 8.86. The van der Waals surface area contributed by atoms with Gasteiger partial charge in [0.25, 0.3) is 5.91 Å². The van der Waals surface area contributed by atoms with Crippen LogP contribution in [0.3, 0.4) is 0 Å². The Labute approximate surface area is 89.7 Å². The first-order valence-corrected chi connectivity index (χ1v) is 5.31. The number of carbonyl (C=O) groups is 1. The third-order valence-electron chi connectivity index (χ3n) is 2.88. The zero-order chi connectivity index (χ0) is 10.8. The minimum atomic E-state index is 0.00639. The van der Waals surface area contributed by atoms with Crippen molar-refractivity contribution < 1.29 is 4.79 Å². The summed E-state index contributed by atoms with van der Waals surface area (Å²) in [5, 5.41) is 3.00. The first-order valence-electron chi connectivity index (χ1n) is 5.31. The third kappa shape index (κ3) is 2.29. The van der Waals surface area contributed by atoms with Crippen LogP contribution in [0.4, 0.5) is 5.69 Å². The second-order valence-electron chi connectivity index (χ2n) is 4.37. The van der Waals surface area contributed by atoms with Crippen molar-refractivity contribution in [2.24, 2.45) is 5.92 Å². The molecule has 2 rings (SSSR count). The van der Waals surface area contributed by atoms with E-state index in [-0.39, 0.29) is 5.91 Å². The highest BCUT2D eigenvalue weighted by Gasteiger charge is 2.26. The van der Waals surface area contributed by atoms with Gasteiger partial charge in [0.05, 0.1) is 0 Å². The van der Waals surface area contributed by atoms with Crippen molar-refractivity contribution >= 4 is 11.6 Å². The van der Waals surface area contributed by atoms with Crippen LogP contribution in [0.25, 0.3) is 0 Å². The van der Waals surface area contributed by atoms with Gasteiger partial charge in [0.15, 0.2) is 0 Å². The van der Waals surface area contributed by atoms with Gasteiger partial charge in [-0.15, -0.1) is 0 Å². The topological polar surface area (TPSA) is 55.1 Å². The molecule has 0 unspecified atom stereocenters. The van der Waals surface area contributed by atoms with Gasteiger partial charge in [-0.05, 0) is 43.0 Å². The lowest BCUT2D eigenvalue weighted by Crippen LogP contribution is -2.43. The van der Waals surface area contributed by atoms with Crippen LogP contribution in [0.2, 0.25) is 0 Å². The van der Waals surface area contributed by atoms with Crippen molar-refractivity contribution in [2.75, 3.05) is 5.73 Å². The second kappa shape index (κ2) is 3.93. The molecular formula is C12H16N2O. The van der Waals surface area contributed by atoms with Gasteiger partial charge in [-0.25, -0.2) is 0 Å². The van der Waals surface area contributed by atoms with E-state index < -0.39 is 0 Å². The number of nitrogen functional groups attached to an aromatic ring is 1. The minimum Gasteiger partial charge on any atom is -0.399 e. The smallest absolute Gasteiger partial charge is 0.251 e. The van der Waals surface area contributed by atoms with Crippen molar-refractivity contribution in [3.8, 4) is 0 Å². The van der Waals surface area contributed by atoms with Gasteiger partial charge in [0.2, 0.25) is 0 Å². The largest absolute Gasteiger partial charge is 0.399 e. The number of nitrogens with one attached hydrogen (secondary N) is 1. The lowest BCUT2D eigenvalue weighted by molar-refractivity contribution is 0.0896. The summed E-state index contributed by atoms with van der Waals surface area (Å²) in [5.41, 5.74) is 6.92. The Balaban J connectivity index is 1.93. The number of rotatable bonds is 2. The summed E-state index contributed by atoms with van der Waals surface area (Å²) in [6.07, 6.45) is 2.20. The first-order chi connectivity index (χ1) is 7.15. The molecule has 3 nitrogen and oxygen atoms in total. The van der Waals surface area contributed by atoms with Gasteiger partial charge in [-0.3, -0.25) is 4.79 Å². The van der Waals surface area contributed by atoms with Crippen molar-refractivity contribution in [3.63, 3.8) is 0 Å². The number of anilines is 1. The van der Waals surface area contributed by atoms with Gasteiger partial charge in [0, 0.05) is 17.3 Å². The minimum absolute atomic E-state index is 0.00639. The quantitative estimate of drug-likeness (QED) is 0.722. The Morgan fingerprint density at radius 2 is 1.93 bits per heavy atom. The lowest BCUT2D eigenvalue weighted by atomic mass is 9.82. The molecule has 1 amide bonds. The van der Waals surface area contributed by atoms with Crippen molar-refractivity contribution in [1.82, 2.24) is 5.32 Å². The van der Waals surface area contributed by atoms with E-state index in [4.69, 9.17) is 5.73 Å². The fourth-order valence-corrected chi connectivity index (χ4v) is 1.92. The van der Waals surface area contributed by atoms with Gasteiger partial charge >= 0.3 is 0 Å². The number of hydrogen-bond acceptors (Lipinski definition) is 2. The van der Waals surface area contributed by atoms with Gasteiger partial charge in [0.1, 0.15) is 0 Å². The number of carbonyl (C=O) groups excluding carboxylic acids is 1. The van der Waals surface area contributed by atoms with E-state index in [1.807, 2.05) is 0 Å². The molecule has 0 bridgehead atoms. The van der Waals surface area contributed by atoms with E-state index >= 15 is 0 Å². The maximum Gasteiger partial charge on any atom is 0.251 e. The Hall–Kier alpha value is -1.51. The molecule has 0 radical (unpaired) electrons. The molecule has 0 spiro atoms. The van der Waals surface area contributed by atoms with E-state index in [9.17, 15) is 4.79 Å². The zero-order valence-electron chi connectivity index (χ0n) is 8.86. The van der Waals surface area contributed by atoms with E-state index in [1.165, 1.54) is 0 Å². The Bertz CT molecular complexity index is 352. The van der Waals surface area contributed by atoms with Crippen LogP contribution < -0.4 is 11.1 Å². The molecular weight excluding hydrogens is 188 g/mol. The standard InChI is InChI=1S/C12H16N2O/c1-8-6-11(7-8)14-12(15)9-2-4-10(13)5-3-9/h2-5,8,11H,6-7,13H2,1H3,(H,14,15). The predicted molar refractivity (Wildman–Crippen MR) is 60.5 cm³/mol. The van der Waals surface area contributed by atoms with E-state index in [0.717, 1.165) is 18.8 Å². The molecule has 1 aromatic rings. The maximum absolute atomic E-state index is 11.7.